The van der Waals surface area contributed by atoms with Gasteiger partial charge in [-0.15, -0.1) is 0 Å². The van der Waals surface area contributed by atoms with Crippen molar-refractivity contribution in [3.8, 4) is 0 Å². The van der Waals surface area contributed by atoms with Gasteiger partial charge in [0.15, 0.2) is 0 Å². The second kappa shape index (κ2) is 7.20. The molecular formula is C16H22N2O3. The van der Waals surface area contributed by atoms with Gasteiger partial charge >= 0.3 is 5.97 Å². The minimum atomic E-state index is -0.251. The second-order valence-corrected chi connectivity index (χ2v) is 5.48. The maximum Gasteiger partial charge on any atom is 0.310 e. The van der Waals surface area contributed by atoms with E-state index < -0.39 is 0 Å². The number of nitrogens with zero attached hydrogens (tertiary/aromatic N) is 1. The van der Waals surface area contributed by atoms with Crippen LogP contribution < -0.4 is 5.32 Å². The third-order valence-corrected chi connectivity index (χ3v) is 4.09. The Balaban J connectivity index is 2.12. The molecule has 5 heteroatoms. The molecule has 5 nitrogen and oxygen atoms in total. The molecule has 0 bridgehead atoms. The number of carbonyl (C=O) groups excluding carboxylic acids is 2. The second-order valence-electron chi connectivity index (χ2n) is 5.48. The fraction of sp³-hybridized carbons (Fsp3) is 0.562. The van der Waals surface area contributed by atoms with Crippen LogP contribution >= 0.6 is 0 Å². The van der Waals surface area contributed by atoms with Crippen molar-refractivity contribution in [1.82, 2.24) is 10.3 Å². The lowest BCUT2D eigenvalue weighted by atomic mass is 9.94. The van der Waals surface area contributed by atoms with Gasteiger partial charge in [0.1, 0.15) is 0 Å². The lowest BCUT2D eigenvalue weighted by molar-refractivity contribution is -0.146. The largest absolute Gasteiger partial charge is 0.469 e. The number of methoxy groups -OCH3 is 1. The summed E-state index contributed by atoms with van der Waals surface area (Å²) in [5, 5.41) is 3.00. The monoisotopic (exact) mass is 290 g/mol. The van der Waals surface area contributed by atoms with Crippen LogP contribution in [0.1, 0.15) is 48.2 Å². The molecule has 21 heavy (non-hydrogen) atoms. The van der Waals surface area contributed by atoms with Gasteiger partial charge in [-0.2, -0.15) is 0 Å². The van der Waals surface area contributed by atoms with E-state index in [4.69, 9.17) is 4.74 Å². The standard InChI is InChI=1S/C16H22N2O3/c1-11-12(8-6-10-17-11)15(19)18-14-9-5-3-4-7-13(14)16(20)21-2/h6,8,10,13-14H,3-5,7,9H2,1-2H3,(H,18,19)/t13-,14-/m1/s1. The first-order valence-corrected chi connectivity index (χ1v) is 7.43. The van der Waals surface area contributed by atoms with E-state index in [1.54, 1.807) is 25.3 Å². The van der Waals surface area contributed by atoms with Gasteiger partial charge in [0, 0.05) is 17.9 Å². The minimum Gasteiger partial charge on any atom is -0.469 e. The predicted molar refractivity (Wildman–Crippen MR) is 78.8 cm³/mol. The van der Waals surface area contributed by atoms with Crippen molar-refractivity contribution >= 4 is 11.9 Å². The molecule has 2 rings (SSSR count). The van der Waals surface area contributed by atoms with Crippen LogP contribution in [0.25, 0.3) is 0 Å². The molecule has 0 aliphatic heterocycles. The summed E-state index contributed by atoms with van der Waals surface area (Å²) in [6.07, 6.45) is 6.35. The van der Waals surface area contributed by atoms with Gasteiger partial charge in [-0.1, -0.05) is 19.3 Å². The Morgan fingerprint density at radius 2 is 2.05 bits per heavy atom. The number of rotatable bonds is 3. The summed E-state index contributed by atoms with van der Waals surface area (Å²) in [7, 11) is 1.40. The summed E-state index contributed by atoms with van der Waals surface area (Å²) >= 11 is 0. The number of pyridine rings is 1. The van der Waals surface area contributed by atoms with Crippen molar-refractivity contribution in [3.05, 3.63) is 29.6 Å². The summed E-state index contributed by atoms with van der Waals surface area (Å²) in [5.74, 6) is -0.648. The van der Waals surface area contributed by atoms with Crippen molar-refractivity contribution in [2.75, 3.05) is 7.11 Å². The average molecular weight is 290 g/mol. The van der Waals surface area contributed by atoms with Gasteiger partial charge in [-0.05, 0) is 31.9 Å². The predicted octanol–water partition coefficient (Wildman–Crippen LogP) is 2.24. The Morgan fingerprint density at radius 1 is 1.29 bits per heavy atom. The van der Waals surface area contributed by atoms with E-state index in [1.165, 1.54) is 7.11 Å². The normalized spacial score (nSPS) is 22.2. The van der Waals surface area contributed by atoms with Gasteiger partial charge in [0.2, 0.25) is 0 Å². The van der Waals surface area contributed by atoms with E-state index in [9.17, 15) is 9.59 Å². The number of aromatic nitrogens is 1. The number of esters is 1. The molecule has 0 saturated heterocycles. The summed E-state index contributed by atoms with van der Waals surface area (Å²) in [4.78, 5) is 28.5. The number of carbonyl (C=O) groups is 2. The maximum atomic E-state index is 12.4. The zero-order valence-electron chi connectivity index (χ0n) is 12.6. The summed E-state index contributed by atoms with van der Waals surface area (Å²) in [6.45, 7) is 1.81. The Bertz CT molecular complexity index is 516. The quantitative estimate of drug-likeness (QED) is 0.685. The molecule has 0 aromatic carbocycles. The average Bonchev–Trinajstić information content (AvgIpc) is 2.72. The number of hydrogen-bond donors (Lipinski definition) is 1. The molecule has 0 spiro atoms. The molecule has 114 valence electrons. The molecule has 1 aromatic rings. The fourth-order valence-electron chi connectivity index (χ4n) is 2.88. The van der Waals surface area contributed by atoms with Crippen LogP contribution in [0.2, 0.25) is 0 Å². The fourth-order valence-corrected chi connectivity index (χ4v) is 2.88. The van der Waals surface area contributed by atoms with Gasteiger partial charge < -0.3 is 10.1 Å². The third kappa shape index (κ3) is 3.80. The van der Waals surface area contributed by atoms with Crippen LogP contribution in [0.15, 0.2) is 18.3 Å². The van der Waals surface area contributed by atoms with Crippen molar-refractivity contribution in [2.45, 2.75) is 45.1 Å². The van der Waals surface area contributed by atoms with E-state index in [1.807, 2.05) is 0 Å². The Kier molecular flexibility index (Phi) is 5.31. The Hall–Kier alpha value is -1.91. The van der Waals surface area contributed by atoms with E-state index in [-0.39, 0.29) is 23.8 Å². The van der Waals surface area contributed by atoms with Crippen LogP contribution in [-0.2, 0) is 9.53 Å². The lowest BCUT2D eigenvalue weighted by Crippen LogP contribution is -2.43. The van der Waals surface area contributed by atoms with Crippen LogP contribution in [0.5, 0.6) is 0 Å². The maximum absolute atomic E-state index is 12.4. The van der Waals surface area contributed by atoms with Gasteiger partial charge in [0.05, 0.1) is 18.6 Å². The van der Waals surface area contributed by atoms with E-state index in [0.29, 0.717) is 11.3 Å². The van der Waals surface area contributed by atoms with Crippen LogP contribution in [-0.4, -0.2) is 30.0 Å². The summed E-state index contributed by atoms with van der Waals surface area (Å²) < 4.78 is 4.88. The Morgan fingerprint density at radius 3 is 2.76 bits per heavy atom. The lowest BCUT2D eigenvalue weighted by Gasteiger charge is -2.24. The van der Waals surface area contributed by atoms with Crippen LogP contribution in [0.3, 0.4) is 0 Å². The smallest absolute Gasteiger partial charge is 0.310 e. The molecule has 1 aliphatic carbocycles. The number of ether oxygens (including phenoxy) is 1. The van der Waals surface area contributed by atoms with Crippen molar-refractivity contribution in [2.24, 2.45) is 5.92 Å². The zero-order valence-corrected chi connectivity index (χ0v) is 12.6. The van der Waals surface area contributed by atoms with Crippen molar-refractivity contribution in [1.29, 1.82) is 0 Å². The number of aryl methyl sites for hydroxylation is 1. The summed E-state index contributed by atoms with van der Waals surface area (Å²) in [5.41, 5.74) is 1.25. The van der Waals surface area contributed by atoms with E-state index >= 15 is 0 Å². The van der Waals surface area contributed by atoms with Gasteiger partial charge in [-0.25, -0.2) is 0 Å². The SMILES string of the molecule is COC(=O)[C@@H]1CCCCC[C@H]1NC(=O)c1cccnc1C. The highest BCUT2D eigenvalue weighted by atomic mass is 16.5. The van der Waals surface area contributed by atoms with Gasteiger partial charge in [0.25, 0.3) is 5.91 Å². The van der Waals surface area contributed by atoms with E-state index in [2.05, 4.69) is 10.3 Å². The van der Waals surface area contributed by atoms with Crippen molar-refractivity contribution < 1.29 is 14.3 Å². The zero-order chi connectivity index (χ0) is 15.2. The highest BCUT2D eigenvalue weighted by molar-refractivity contribution is 5.95. The molecular weight excluding hydrogens is 268 g/mol. The molecule has 0 unspecified atom stereocenters. The van der Waals surface area contributed by atoms with Gasteiger partial charge in [-0.3, -0.25) is 14.6 Å². The third-order valence-electron chi connectivity index (χ3n) is 4.09. The van der Waals surface area contributed by atoms with Crippen LogP contribution in [0, 0.1) is 12.8 Å². The topological polar surface area (TPSA) is 68.3 Å². The number of nitrogens with one attached hydrogen (secondary N) is 1. The first-order valence-electron chi connectivity index (χ1n) is 7.43. The summed E-state index contributed by atoms with van der Waals surface area (Å²) in [6, 6.07) is 3.33. The highest BCUT2D eigenvalue weighted by Gasteiger charge is 2.31. The molecule has 1 aromatic heterocycles. The molecule has 1 aliphatic rings. The van der Waals surface area contributed by atoms with Crippen LogP contribution in [0.4, 0.5) is 0 Å². The number of amides is 1. The van der Waals surface area contributed by atoms with Crippen molar-refractivity contribution in [3.63, 3.8) is 0 Å². The Labute approximate surface area is 125 Å². The number of hydrogen-bond acceptors (Lipinski definition) is 4. The first kappa shape index (κ1) is 15.5. The van der Waals surface area contributed by atoms with E-state index in [0.717, 1.165) is 32.1 Å². The molecule has 0 radical (unpaired) electrons. The molecule has 2 atom stereocenters. The molecule has 1 heterocycles. The first-order chi connectivity index (χ1) is 10.1. The highest BCUT2D eigenvalue weighted by Crippen LogP contribution is 2.25. The minimum absolute atomic E-state index is 0.160. The molecule has 1 saturated carbocycles. The molecule has 1 amide bonds. The molecule has 1 N–H and O–H groups in total. The molecule has 1 fully saturated rings.